The van der Waals surface area contributed by atoms with Crippen LogP contribution in [-0.2, 0) is 23.7 Å². The number of halogens is 8. The highest BCUT2D eigenvalue weighted by Gasteiger charge is 2.64. The summed E-state index contributed by atoms with van der Waals surface area (Å²) in [6, 6.07) is 8.76. The Morgan fingerprint density at radius 2 is 0.794 bits per heavy atom. The monoisotopic (exact) mass is 478 g/mol. The van der Waals surface area contributed by atoms with Crippen molar-refractivity contribution in [3.05, 3.63) is 117 Å². The van der Waals surface area contributed by atoms with E-state index in [1.165, 1.54) is 12.2 Å². The van der Waals surface area contributed by atoms with E-state index in [0.717, 1.165) is 0 Å². The molecule has 0 aliphatic heterocycles. The van der Waals surface area contributed by atoms with Crippen LogP contribution >= 0.6 is 0 Å². The Labute approximate surface area is 188 Å². The number of rotatable bonds is 0. The number of hydrogen-bond donors (Lipinski definition) is 0. The van der Waals surface area contributed by atoms with Crippen LogP contribution in [0.25, 0.3) is 0 Å². The van der Waals surface area contributed by atoms with E-state index in [-0.39, 0.29) is 0 Å². The third kappa shape index (κ3) is 2.34. The zero-order valence-electron chi connectivity index (χ0n) is 17.1. The maximum atomic E-state index is 15.6. The van der Waals surface area contributed by atoms with Crippen molar-refractivity contribution >= 4 is 0 Å². The smallest absolute Gasteiger partial charge is 0.194 e. The van der Waals surface area contributed by atoms with Crippen LogP contribution in [0.2, 0.25) is 0 Å². The van der Waals surface area contributed by atoms with Gasteiger partial charge in [0, 0.05) is 34.1 Å². The molecular formula is C26H14F8. The van der Waals surface area contributed by atoms with Crippen LogP contribution < -0.4 is 0 Å². The van der Waals surface area contributed by atoms with E-state index in [9.17, 15) is 0 Å². The third-order valence-electron chi connectivity index (χ3n) is 7.15. The standard InChI is InChI=1S/C26H14F8/c27-23(28)13-5-7-14(8-6-13)24(29,30)26(33,34)20-12-11-19(25(23,31)32)21-17-9-10-18(22(20)21)16-4-2-1-3-15(16)17/h1-12,17-18H/t17-,18+. The minimum absolute atomic E-state index is 0.356. The molecule has 7 aliphatic carbocycles. The first-order valence-electron chi connectivity index (χ1n) is 10.5. The fraction of sp³-hybridized carbons (Fsp3) is 0.231. The van der Waals surface area contributed by atoms with Gasteiger partial charge in [-0.15, -0.1) is 0 Å². The van der Waals surface area contributed by atoms with Crippen LogP contribution in [0.4, 0.5) is 35.1 Å². The van der Waals surface area contributed by atoms with Gasteiger partial charge in [-0.2, -0.15) is 35.1 Å². The molecule has 0 aromatic heterocycles. The Kier molecular flexibility index (Phi) is 3.95. The van der Waals surface area contributed by atoms with Gasteiger partial charge in [0.15, 0.2) is 0 Å². The van der Waals surface area contributed by atoms with Gasteiger partial charge in [-0.05, 0) is 22.3 Å². The van der Waals surface area contributed by atoms with Crippen molar-refractivity contribution in [2.24, 2.45) is 0 Å². The van der Waals surface area contributed by atoms with Crippen LogP contribution in [-0.4, -0.2) is 0 Å². The molecule has 2 atom stereocenters. The molecule has 0 heterocycles. The molecule has 34 heavy (non-hydrogen) atoms. The summed E-state index contributed by atoms with van der Waals surface area (Å²) in [5.74, 6) is -21.3. The summed E-state index contributed by atoms with van der Waals surface area (Å²) < 4.78 is 123. The SMILES string of the molecule is FC1(F)c2ccc(cc2)C(F)(F)C(F)(F)c2ccc(c3c2[C@H]2C=C[C@@H]3c3ccccc32)C1(F)F. The van der Waals surface area contributed by atoms with Gasteiger partial charge in [0.25, 0.3) is 0 Å². The maximum Gasteiger partial charge on any atom is 0.340 e. The number of allylic oxidation sites excluding steroid dienone is 2. The number of hydrogen-bond acceptors (Lipinski definition) is 0. The van der Waals surface area contributed by atoms with E-state index >= 15 is 35.1 Å². The first-order valence-corrected chi connectivity index (χ1v) is 10.5. The third-order valence-corrected chi connectivity index (χ3v) is 7.15. The highest BCUT2D eigenvalue weighted by Crippen LogP contribution is 2.61. The van der Waals surface area contributed by atoms with E-state index < -0.39 is 68.9 Å². The van der Waals surface area contributed by atoms with Crippen molar-refractivity contribution in [2.45, 2.75) is 35.5 Å². The van der Waals surface area contributed by atoms with Crippen molar-refractivity contribution in [3.8, 4) is 0 Å². The van der Waals surface area contributed by atoms with Crippen molar-refractivity contribution in [3.63, 3.8) is 0 Å². The molecule has 0 spiro atoms. The molecule has 6 bridgehead atoms. The van der Waals surface area contributed by atoms with E-state index in [2.05, 4.69) is 0 Å². The summed E-state index contributed by atoms with van der Waals surface area (Å²) in [7, 11) is 0. The van der Waals surface area contributed by atoms with Crippen molar-refractivity contribution in [2.75, 3.05) is 0 Å². The van der Waals surface area contributed by atoms with Crippen LogP contribution in [0.1, 0.15) is 56.3 Å². The van der Waals surface area contributed by atoms with Crippen LogP contribution in [0.15, 0.2) is 72.8 Å². The molecule has 7 aliphatic rings. The highest BCUT2D eigenvalue weighted by atomic mass is 19.3. The number of benzene rings is 3. The van der Waals surface area contributed by atoms with Crippen molar-refractivity contribution in [1.82, 2.24) is 0 Å². The summed E-state index contributed by atoms with van der Waals surface area (Å²) >= 11 is 0. The molecule has 10 rings (SSSR count). The second-order valence-corrected chi connectivity index (χ2v) is 8.83. The van der Waals surface area contributed by atoms with Crippen LogP contribution in [0, 0.1) is 0 Å². The molecule has 174 valence electrons. The van der Waals surface area contributed by atoms with Crippen molar-refractivity contribution in [1.29, 1.82) is 0 Å². The van der Waals surface area contributed by atoms with Gasteiger partial charge in [0.05, 0.1) is 0 Å². The summed E-state index contributed by atoms with van der Waals surface area (Å²) in [6.45, 7) is 0. The lowest BCUT2D eigenvalue weighted by atomic mass is 9.63. The Balaban J connectivity index is 1.77. The average molecular weight is 478 g/mol. The minimum Gasteiger partial charge on any atom is -0.194 e. The summed E-state index contributed by atoms with van der Waals surface area (Å²) in [5.41, 5.74) is -4.71. The molecule has 0 nitrogen and oxygen atoms in total. The zero-order chi connectivity index (χ0) is 24.3. The lowest BCUT2D eigenvalue weighted by Crippen LogP contribution is -2.42. The summed E-state index contributed by atoms with van der Waals surface area (Å²) in [5, 5.41) is 0. The van der Waals surface area contributed by atoms with E-state index in [4.69, 9.17) is 0 Å². The first kappa shape index (κ1) is 21.4. The number of alkyl halides is 8. The molecule has 3 aromatic carbocycles. The predicted octanol–water partition coefficient (Wildman–Crippen LogP) is 7.91. The zero-order valence-corrected chi connectivity index (χ0v) is 17.1. The van der Waals surface area contributed by atoms with Gasteiger partial charge in [0.2, 0.25) is 0 Å². The molecule has 3 aromatic rings. The Morgan fingerprint density at radius 3 is 1.15 bits per heavy atom. The quantitative estimate of drug-likeness (QED) is 0.228. The minimum atomic E-state index is -4.80. The average Bonchev–Trinajstić information content (AvgIpc) is 2.82. The van der Waals surface area contributed by atoms with Crippen LogP contribution in [0.5, 0.6) is 0 Å². The van der Waals surface area contributed by atoms with Gasteiger partial charge in [-0.25, -0.2) is 0 Å². The Hall–Kier alpha value is -3.16. The lowest BCUT2D eigenvalue weighted by molar-refractivity contribution is -0.228. The van der Waals surface area contributed by atoms with Gasteiger partial charge >= 0.3 is 23.7 Å². The Morgan fingerprint density at radius 1 is 0.441 bits per heavy atom. The molecule has 0 radical (unpaired) electrons. The molecule has 0 unspecified atom stereocenters. The lowest BCUT2D eigenvalue weighted by Gasteiger charge is -2.42. The normalized spacial score (nSPS) is 25.9. The second-order valence-electron chi connectivity index (χ2n) is 8.83. The van der Waals surface area contributed by atoms with E-state index in [1.54, 1.807) is 24.3 Å². The van der Waals surface area contributed by atoms with Crippen molar-refractivity contribution < 1.29 is 35.1 Å². The second kappa shape index (κ2) is 6.29. The van der Waals surface area contributed by atoms with Gasteiger partial charge < -0.3 is 0 Å². The van der Waals surface area contributed by atoms with Gasteiger partial charge in [-0.3, -0.25) is 0 Å². The predicted molar refractivity (Wildman–Crippen MR) is 108 cm³/mol. The molecule has 0 N–H and O–H groups in total. The molecular weight excluding hydrogens is 464 g/mol. The Bertz CT molecular complexity index is 1270. The summed E-state index contributed by atoms with van der Waals surface area (Å²) in [6.07, 6.45) is 2.96. The molecule has 0 fully saturated rings. The molecule has 8 heteroatoms. The maximum absolute atomic E-state index is 15.6. The van der Waals surface area contributed by atoms with E-state index in [1.807, 2.05) is 0 Å². The molecule has 0 saturated heterocycles. The van der Waals surface area contributed by atoms with E-state index in [0.29, 0.717) is 47.5 Å². The van der Waals surface area contributed by atoms with Crippen LogP contribution in [0.3, 0.4) is 0 Å². The fourth-order valence-electron chi connectivity index (χ4n) is 5.45. The molecule has 0 saturated carbocycles. The topological polar surface area (TPSA) is 0 Å². The van der Waals surface area contributed by atoms with Gasteiger partial charge in [0.1, 0.15) is 0 Å². The largest absolute Gasteiger partial charge is 0.340 e. The summed E-state index contributed by atoms with van der Waals surface area (Å²) in [4.78, 5) is 0. The molecule has 0 amide bonds. The van der Waals surface area contributed by atoms with Gasteiger partial charge in [-0.1, -0.05) is 72.8 Å². The first-order chi connectivity index (χ1) is 15.9. The fourth-order valence-corrected chi connectivity index (χ4v) is 5.45. The highest BCUT2D eigenvalue weighted by molar-refractivity contribution is 5.66.